The number of hydrogen-bond donors (Lipinski definition) is 1. The van der Waals surface area contributed by atoms with Crippen molar-refractivity contribution >= 4 is 5.69 Å². The van der Waals surface area contributed by atoms with Crippen LogP contribution in [0.3, 0.4) is 0 Å². The summed E-state index contributed by atoms with van der Waals surface area (Å²) in [6.45, 7) is 3.79. The molecule has 152 valence electrons. The summed E-state index contributed by atoms with van der Waals surface area (Å²) in [6.07, 6.45) is 12.2. The first kappa shape index (κ1) is 20.9. The molecule has 0 amide bonds. The molecule has 0 saturated carbocycles. The van der Waals surface area contributed by atoms with E-state index in [0.717, 1.165) is 12.3 Å². The number of nitrogens with zero attached hydrogens (tertiary/aromatic N) is 1. The Kier molecular flexibility index (Phi) is 8.86. The fourth-order valence-electron chi connectivity index (χ4n) is 3.89. The van der Waals surface area contributed by atoms with E-state index in [1.165, 1.54) is 68.9 Å². The van der Waals surface area contributed by atoms with Crippen LogP contribution in [0.15, 0.2) is 54.6 Å². The van der Waals surface area contributed by atoms with Crippen molar-refractivity contribution in [2.75, 3.05) is 18.8 Å². The summed E-state index contributed by atoms with van der Waals surface area (Å²) in [5.74, 6) is 0. The van der Waals surface area contributed by atoms with Gasteiger partial charge in [0.1, 0.15) is 6.73 Å². The van der Waals surface area contributed by atoms with Crippen LogP contribution in [0.5, 0.6) is 0 Å². The van der Waals surface area contributed by atoms with E-state index >= 15 is 0 Å². The second-order valence-corrected chi connectivity index (χ2v) is 7.94. The summed E-state index contributed by atoms with van der Waals surface area (Å²) in [4.78, 5) is 0. The van der Waals surface area contributed by atoms with Crippen LogP contribution in [0.25, 0.3) is 11.1 Å². The number of ether oxygens (including phenoxy) is 1. The Morgan fingerprint density at radius 1 is 0.821 bits per heavy atom. The van der Waals surface area contributed by atoms with Crippen LogP contribution in [0, 0.1) is 0 Å². The first-order valence-corrected chi connectivity index (χ1v) is 11.1. The third-order valence-corrected chi connectivity index (χ3v) is 5.64. The van der Waals surface area contributed by atoms with Crippen LogP contribution >= 0.6 is 0 Å². The Morgan fingerprint density at radius 2 is 1.46 bits per heavy atom. The molecule has 28 heavy (non-hydrogen) atoms. The Bertz CT molecular complexity index is 656. The minimum absolute atomic E-state index is 0.480. The molecule has 1 saturated heterocycles. The monoisotopic (exact) mass is 380 g/mol. The largest absolute Gasteiger partial charge is 0.363 e. The van der Waals surface area contributed by atoms with Crippen molar-refractivity contribution in [2.45, 2.75) is 70.8 Å². The molecule has 2 aromatic carbocycles. The van der Waals surface area contributed by atoms with E-state index in [2.05, 4.69) is 72.0 Å². The van der Waals surface area contributed by atoms with Gasteiger partial charge in [0.15, 0.2) is 0 Å². The van der Waals surface area contributed by atoms with Gasteiger partial charge < -0.3 is 10.2 Å². The summed E-state index contributed by atoms with van der Waals surface area (Å²) in [5, 5.41) is 2.26. The zero-order chi connectivity index (χ0) is 19.4. The maximum absolute atomic E-state index is 5.72. The fraction of sp³-hybridized carbons (Fsp3) is 0.520. The molecule has 3 heteroatoms. The third kappa shape index (κ3) is 6.65. The number of anilines is 1. The maximum Gasteiger partial charge on any atom is 0.116 e. The van der Waals surface area contributed by atoms with Crippen LogP contribution in [0.1, 0.15) is 64.7 Å². The lowest BCUT2D eigenvalue weighted by atomic mass is 10.0. The molecule has 1 aliphatic rings. The lowest BCUT2D eigenvalue weighted by Crippen LogP contribution is -2.35. The number of hydrogen-bond acceptors (Lipinski definition) is 3. The van der Waals surface area contributed by atoms with Crippen molar-refractivity contribution in [1.82, 2.24) is 5.01 Å². The molecule has 0 aromatic heterocycles. The average Bonchev–Trinajstić information content (AvgIpc) is 3.18. The van der Waals surface area contributed by atoms with Gasteiger partial charge in [0, 0.05) is 5.69 Å². The SMILES string of the molecule is CCCCCCCCCCC1COCN1Nc1ccc(-c2ccccc2)cc1. The lowest BCUT2D eigenvalue weighted by molar-refractivity contribution is 0.152. The van der Waals surface area contributed by atoms with E-state index in [9.17, 15) is 0 Å². The van der Waals surface area contributed by atoms with Gasteiger partial charge in [0.25, 0.3) is 0 Å². The van der Waals surface area contributed by atoms with Crippen LogP contribution < -0.4 is 5.43 Å². The third-order valence-electron chi connectivity index (χ3n) is 5.64. The minimum atomic E-state index is 0.480. The first-order chi connectivity index (χ1) is 13.9. The van der Waals surface area contributed by atoms with Gasteiger partial charge in [-0.3, -0.25) is 0 Å². The smallest absolute Gasteiger partial charge is 0.116 e. The van der Waals surface area contributed by atoms with Crippen LogP contribution in [0.2, 0.25) is 0 Å². The van der Waals surface area contributed by atoms with Crippen molar-refractivity contribution < 1.29 is 4.74 Å². The molecule has 1 heterocycles. The van der Waals surface area contributed by atoms with Crippen molar-refractivity contribution in [3.8, 4) is 11.1 Å². The second kappa shape index (κ2) is 11.9. The van der Waals surface area contributed by atoms with E-state index in [0.29, 0.717) is 12.8 Å². The molecule has 1 N–H and O–H groups in total. The minimum Gasteiger partial charge on any atom is -0.363 e. The lowest BCUT2D eigenvalue weighted by Gasteiger charge is -2.24. The van der Waals surface area contributed by atoms with Crippen molar-refractivity contribution in [1.29, 1.82) is 0 Å². The Balaban J connectivity index is 1.39. The molecule has 0 spiro atoms. The Labute approximate surface area is 171 Å². The molecule has 0 bridgehead atoms. The highest BCUT2D eigenvalue weighted by Gasteiger charge is 2.24. The van der Waals surface area contributed by atoms with Gasteiger partial charge >= 0.3 is 0 Å². The topological polar surface area (TPSA) is 24.5 Å². The molecule has 1 aliphatic heterocycles. The zero-order valence-electron chi connectivity index (χ0n) is 17.4. The van der Waals surface area contributed by atoms with Gasteiger partial charge in [-0.25, -0.2) is 0 Å². The van der Waals surface area contributed by atoms with E-state index < -0.39 is 0 Å². The molecule has 1 fully saturated rings. The number of unbranched alkanes of at least 4 members (excludes halogenated alkanes) is 7. The van der Waals surface area contributed by atoms with Crippen molar-refractivity contribution in [3.63, 3.8) is 0 Å². The summed E-state index contributed by atoms with van der Waals surface area (Å²) in [5.41, 5.74) is 7.19. The molecule has 2 aromatic rings. The van der Waals surface area contributed by atoms with Gasteiger partial charge in [-0.2, -0.15) is 5.01 Å². The van der Waals surface area contributed by atoms with Gasteiger partial charge in [0.2, 0.25) is 0 Å². The van der Waals surface area contributed by atoms with Crippen LogP contribution in [-0.4, -0.2) is 24.4 Å². The highest BCUT2D eigenvalue weighted by molar-refractivity contribution is 5.65. The number of hydrazine groups is 1. The Morgan fingerprint density at radius 3 is 2.18 bits per heavy atom. The highest BCUT2D eigenvalue weighted by atomic mass is 16.5. The summed E-state index contributed by atoms with van der Waals surface area (Å²) in [7, 11) is 0. The van der Waals surface area contributed by atoms with Gasteiger partial charge in [-0.15, -0.1) is 0 Å². The Hall–Kier alpha value is -1.84. The number of rotatable bonds is 12. The second-order valence-electron chi connectivity index (χ2n) is 7.94. The van der Waals surface area contributed by atoms with Crippen molar-refractivity contribution in [3.05, 3.63) is 54.6 Å². The summed E-state index contributed by atoms with van der Waals surface area (Å²) in [6, 6.07) is 19.7. The molecule has 3 rings (SSSR count). The van der Waals surface area contributed by atoms with Gasteiger partial charge in [0.05, 0.1) is 12.6 Å². The molecule has 0 radical (unpaired) electrons. The summed E-state index contributed by atoms with van der Waals surface area (Å²) >= 11 is 0. The van der Waals surface area contributed by atoms with Gasteiger partial charge in [-0.1, -0.05) is 101 Å². The maximum atomic E-state index is 5.72. The quantitative estimate of drug-likeness (QED) is 0.407. The fourth-order valence-corrected chi connectivity index (χ4v) is 3.89. The summed E-state index contributed by atoms with van der Waals surface area (Å²) < 4.78 is 5.72. The number of benzene rings is 2. The van der Waals surface area contributed by atoms with E-state index in [4.69, 9.17) is 4.74 Å². The number of nitrogens with one attached hydrogen (secondary N) is 1. The van der Waals surface area contributed by atoms with Gasteiger partial charge in [-0.05, 0) is 29.7 Å². The molecule has 0 aliphatic carbocycles. The highest BCUT2D eigenvalue weighted by Crippen LogP contribution is 2.23. The normalized spacial score (nSPS) is 17.1. The molecular formula is C25H36N2O. The van der Waals surface area contributed by atoms with E-state index in [1.54, 1.807) is 0 Å². The first-order valence-electron chi connectivity index (χ1n) is 11.1. The van der Waals surface area contributed by atoms with Crippen LogP contribution in [-0.2, 0) is 4.74 Å². The average molecular weight is 381 g/mol. The van der Waals surface area contributed by atoms with Crippen molar-refractivity contribution in [2.24, 2.45) is 0 Å². The van der Waals surface area contributed by atoms with E-state index in [1.807, 2.05) is 0 Å². The van der Waals surface area contributed by atoms with E-state index in [-0.39, 0.29) is 0 Å². The molecule has 3 nitrogen and oxygen atoms in total. The predicted molar refractivity (Wildman–Crippen MR) is 119 cm³/mol. The molecule has 1 unspecified atom stereocenters. The molecular weight excluding hydrogens is 344 g/mol. The zero-order valence-corrected chi connectivity index (χ0v) is 17.4. The standard InChI is InChI=1S/C25H36N2O/c1-2-3-4-5-6-7-8-12-15-25-20-28-21-27(25)26-24-18-16-23(17-19-24)22-13-10-9-11-14-22/h9-11,13-14,16-19,25-26H,2-8,12,15,20-21H2,1H3. The van der Waals surface area contributed by atoms with Crippen LogP contribution in [0.4, 0.5) is 5.69 Å². The predicted octanol–water partition coefficient (Wildman–Crippen LogP) is 6.87. The molecule has 1 atom stereocenters.